The zero-order valence-electron chi connectivity index (χ0n) is 15.2. The minimum absolute atomic E-state index is 0.210. The SMILES string of the molecule is CCC(Oc1ccccc1)c1nc2ccccc2n1Cc1ccccc1F. The van der Waals surface area contributed by atoms with Gasteiger partial charge in [-0.05, 0) is 36.8 Å². The lowest BCUT2D eigenvalue weighted by atomic mass is 10.2. The van der Waals surface area contributed by atoms with Gasteiger partial charge in [0.2, 0.25) is 0 Å². The van der Waals surface area contributed by atoms with Crippen molar-refractivity contribution in [3.63, 3.8) is 0 Å². The predicted octanol–water partition coefficient (Wildman–Crippen LogP) is 5.75. The molecule has 27 heavy (non-hydrogen) atoms. The van der Waals surface area contributed by atoms with Crippen LogP contribution in [0.1, 0.15) is 30.8 Å². The molecular weight excluding hydrogens is 339 g/mol. The largest absolute Gasteiger partial charge is 0.483 e. The molecule has 1 aromatic heterocycles. The third kappa shape index (κ3) is 3.56. The molecule has 4 aromatic rings. The minimum Gasteiger partial charge on any atom is -0.483 e. The summed E-state index contributed by atoms with van der Waals surface area (Å²) in [6.07, 6.45) is 0.543. The molecule has 1 unspecified atom stereocenters. The van der Waals surface area contributed by atoms with E-state index in [1.54, 1.807) is 6.07 Å². The Kier molecular flexibility index (Phi) is 4.88. The van der Waals surface area contributed by atoms with Crippen molar-refractivity contribution in [3.05, 3.63) is 96.1 Å². The van der Waals surface area contributed by atoms with Crippen molar-refractivity contribution in [1.29, 1.82) is 0 Å². The molecule has 0 spiro atoms. The Labute approximate surface area is 158 Å². The number of halogens is 1. The first-order chi connectivity index (χ1) is 13.3. The molecule has 0 aliphatic carbocycles. The van der Waals surface area contributed by atoms with Crippen molar-refractivity contribution < 1.29 is 9.13 Å². The monoisotopic (exact) mass is 360 g/mol. The summed E-state index contributed by atoms with van der Waals surface area (Å²) >= 11 is 0. The summed E-state index contributed by atoms with van der Waals surface area (Å²) in [6.45, 7) is 2.48. The molecule has 3 nitrogen and oxygen atoms in total. The molecule has 4 heteroatoms. The molecule has 0 saturated carbocycles. The van der Waals surface area contributed by atoms with E-state index in [1.165, 1.54) is 6.07 Å². The normalized spacial score (nSPS) is 12.2. The van der Waals surface area contributed by atoms with Crippen LogP contribution >= 0.6 is 0 Å². The number of hydrogen-bond acceptors (Lipinski definition) is 2. The molecular formula is C23H21FN2O. The van der Waals surface area contributed by atoms with E-state index >= 15 is 0 Å². The zero-order chi connectivity index (χ0) is 18.6. The second kappa shape index (κ2) is 7.62. The Balaban J connectivity index is 1.78. The van der Waals surface area contributed by atoms with Crippen LogP contribution in [-0.4, -0.2) is 9.55 Å². The number of imidazole rings is 1. The fraction of sp³-hybridized carbons (Fsp3) is 0.174. The van der Waals surface area contributed by atoms with Crippen LogP contribution in [0.3, 0.4) is 0 Å². The maximum absolute atomic E-state index is 14.3. The number of rotatable bonds is 6. The Hall–Kier alpha value is -3.14. The first-order valence-corrected chi connectivity index (χ1v) is 9.16. The van der Waals surface area contributed by atoms with E-state index in [-0.39, 0.29) is 11.9 Å². The van der Waals surface area contributed by atoms with Crippen LogP contribution in [0.25, 0.3) is 11.0 Å². The number of nitrogens with zero attached hydrogens (tertiary/aromatic N) is 2. The second-order valence-electron chi connectivity index (χ2n) is 6.46. The van der Waals surface area contributed by atoms with Crippen molar-refractivity contribution in [1.82, 2.24) is 9.55 Å². The van der Waals surface area contributed by atoms with Crippen LogP contribution in [-0.2, 0) is 6.54 Å². The molecule has 0 amide bonds. The minimum atomic E-state index is -0.216. The van der Waals surface area contributed by atoms with Gasteiger partial charge < -0.3 is 9.30 Å². The molecule has 4 rings (SSSR count). The highest BCUT2D eigenvalue weighted by atomic mass is 19.1. The van der Waals surface area contributed by atoms with Crippen molar-refractivity contribution in [2.24, 2.45) is 0 Å². The molecule has 0 saturated heterocycles. The molecule has 1 heterocycles. The van der Waals surface area contributed by atoms with E-state index in [9.17, 15) is 4.39 Å². The number of ether oxygens (including phenoxy) is 1. The van der Waals surface area contributed by atoms with Crippen molar-refractivity contribution in [3.8, 4) is 5.75 Å². The lowest BCUT2D eigenvalue weighted by molar-refractivity contribution is 0.187. The molecule has 0 bridgehead atoms. The summed E-state index contributed by atoms with van der Waals surface area (Å²) in [5.41, 5.74) is 2.50. The number of para-hydroxylation sites is 3. The van der Waals surface area contributed by atoms with E-state index in [0.29, 0.717) is 12.1 Å². The summed E-state index contributed by atoms with van der Waals surface area (Å²) in [4.78, 5) is 4.82. The summed E-state index contributed by atoms with van der Waals surface area (Å²) in [6, 6.07) is 24.5. The predicted molar refractivity (Wildman–Crippen MR) is 105 cm³/mol. The fourth-order valence-corrected chi connectivity index (χ4v) is 3.29. The highest BCUT2D eigenvalue weighted by molar-refractivity contribution is 5.76. The maximum Gasteiger partial charge on any atom is 0.156 e. The Morgan fingerprint density at radius 1 is 0.926 bits per heavy atom. The molecule has 0 fully saturated rings. The van der Waals surface area contributed by atoms with Crippen molar-refractivity contribution in [2.45, 2.75) is 26.0 Å². The number of benzene rings is 3. The topological polar surface area (TPSA) is 27.1 Å². The van der Waals surface area contributed by atoms with Gasteiger partial charge in [-0.3, -0.25) is 0 Å². The first kappa shape index (κ1) is 17.3. The highest BCUT2D eigenvalue weighted by Gasteiger charge is 2.21. The quantitative estimate of drug-likeness (QED) is 0.437. The van der Waals surface area contributed by atoms with E-state index < -0.39 is 0 Å². The van der Waals surface area contributed by atoms with Gasteiger partial charge in [-0.1, -0.05) is 55.5 Å². The fourth-order valence-electron chi connectivity index (χ4n) is 3.29. The van der Waals surface area contributed by atoms with Crippen LogP contribution in [0.15, 0.2) is 78.9 Å². The van der Waals surface area contributed by atoms with Crippen LogP contribution < -0.4 is 4.74 Å². The summed E-state index contributed by atoms with van der Waals surface area (Å²) in [5.74, 6) is 1.40. The van der Waals surface area contributed by atoms with Crippen molar-refractivity contribution in [2.75, 3.05) is 0 Å². The van der Waals surface area contributed by atoms with E-state index in [4.69, 9.17) is 9.72 Å². The zero-order valence-corrected chi connectivity index (χ0v) is 15.2. The van der Waals surface area contributed by atoms with Crippen molar-refractivity contribution >= 4 is 11.0 Å². The third-order valence-corrected chi connectivity index (χ3v) is 4.65. The van der Waals surface area contributed by atoms with Gasteiger partial charge in [0.05, 0.1) is 17.6 Å². The smallest absolute Gasteiger partial charge is 0.156 e. The van der Waals surface area contributed by atoms with Gasteiger partial charge in [-0.15, -0.1) is 0 Å². The lowest BCUT2D eigenvalue weighted by Gasteiger charge is -2.19. The Morgan fingerprint density at radius 2 is 1.63 bits per heavy atom. The van der Waals surface area contributed by atoms with E-state index in [0.717, 1.165) is 29.0 Å². The Morgan fingerprint density at radius 3 is 2.41 bits per heavy atom. The van der Waals surface area contributed by atoms with Crippen LogP contribution in [0, 0.1) is 5.82 Å². The first-order valence-electron chi connectivity index (χ1n) is 9.16. The van der Waals surface area contributed by atoms with Gasteiger partial charge in [-0.25, -0.2) is 9.37 Å². The molecule has 1 atom stereocenters. The van der Waals surface area contributed by atoms with E-state index in [1.807, 2.05) is 66.7 Å². The molecule has 0 aliphatic rings. The number of fused-ring (bicyclic) bond motifs is 1. The van der Waals surface area contributed by atoms with Crippen LogP contribution in [0.5, 0.6) is 5.75 Å². The standard InChI is InChI=1S/C23H21FN2O/c1-2-22(27-18-11-4-3-5-12-18)23-25-20-14-8-9-15-21(20)26(23)16-17-10-6-7-13-19(17)24/h3-15,22H,2,16H2,1H3. The van der Waals surface area contributed by atoms with E-state index in [2.05, 4.69) is 11.5 Å². The molecule has 0 radical (unpaired) electrons. The van der Waals surface area contributed by atoms with Gasteiger partial charge in [0.25, 0.3) is 0 Å². The average Bonchev–Trinajstić information content (AvgIpc) is 3.07. The number of aromatic nitrogens is 2. The van der Waals surface area contributed by atoms with Crippen LogP contribution in [0.2, 0.25) is 0 Å². The summed E-state index contributed by atoms with van der Waals surface area (Å²) < 4.78 is 22.5. The van der Waals surface area contributed by atoms with Crippen LogP contribution in [0.4, 0.5) is 4.39 Å². The average molecular weight is 360 g/mol. The summed E-state index contributed by atoms with van der Waals surface area (Å²) in [5, 5.41) is 0. The molecule has 0 N–H and O–H groups in total. The second-order valence-corrected chi connectivity index (χ2v) is 6.46. The van der Waals surface area contributed by atoms with Gasteiger partial charge in [0, 0.05) is 5.56 Å². The lowest BCUT2D eigenvalue weighted by Crippen LogP contribution is -2.15. The van der Waals surface area contributed by atoms with Gasteiger partial charge in [-0.2, -0.15) is 0 Å². The Bertz CT molecular complexity index is 1040. The highest BCUT2D eigenvalue weighted by Crippen LogP contribution is 2.28. The molecule has 136 valence electrons. The third-order valence-electron chi connectivity index (χ3n) is 4.65. The molecule has 0 aliphatic heterocycles. The number of hydrogen-bond donors (Lipinski definition) is 0. The maximum atomic E-state index is 14.3. The molecule has 3 aromatic carbocycles. The van der Waals surface area contributed by atoms with Gasteiger partial charge in [0.1, 0.15) is 11.6 Å². The van der Waals surface area contributed by atoms with Gasteiger partial charge in [0.15, 0.2) is 11.9 Å². The van der Waals surface area contributed by atoms with Gasteiger partial charge >= 0.3 is 0 Å². The summed E-state index contributed by atoms with van der Waals surface area (Å²) in [7, 11) is 0.